The maximum absolute atomic E-state index is 6.14. The van der Waals surface area contributed by atoms with Crippen LogP contribution in [0.5, 0.6) is 0 Å². The average Bonchev–Trinajstić information content (AvgIpc) is 2.46. The molecule has 0 bridgehead atoms. The van der Waals surface area contributed by atoms with Crippen molar-refractivity contribution in [1.82, 2.24) is 0 Å². The third kappa shape index (κ3) is 6.68. The van der Waals surface area contributed by atoms with Gasteiger partial charge in [-0.1, -0.05) is 30.3 Å². The van der Waals surface area contributed by atoms with Crippen LogP contribution in [0.3, 0.4) is 0 Å². The van der Waals surface area contributed by atoms with Crippen LogP contribution in [-0.4, -0.2) is 39.6 Å². The van der Waals surface area contributed by atoms with Crippen LogP contribution in [0.4, 0.5) is 0 Å². The summed E-state index contributed by atoms with van der Waals surface area (Å²) in [7, 11) is 1.69. The summed E-state index contributed by atoms with van der Waals surface area (Å²) in [5.74, 6) is 0. The van der Waals surface area contributed by atoms with Crippen LogP contribution in [0.15, 0.2) is 30.3 Å². The lowest BCUT2D eigenvalue weighted by atomic mass is 10.0. The molecule has 0 aliphatic rings. The maximum Gasteiger partial charge on any atom is 0.0740 e. The van der Waals surface area contributed by atoms with E-state index >= 15 is 0 Å². The molecular formula is C15H25NO3. The van der Waals surface area contributed by atoms with Crippen LogP contribution < -0.4 is 5.73 Å². The van der Waals surface area contributed by atoms with E-state index in [1.807, 2.05) is 37.3 Å². The number of nitrogens with two attached hydrogens (primary N) is 1. The van der Waals surface area contributed by atoms with E-state index in [4.69, 9.17) is 19.9 Å². The fourth-order valence-electron chi connectivity index (χ4n) is 1.75. The zero-order chi connectivity index (χ0) is 13.9. The molecule has 0 aliphatic carbocycles. The zero-order valence-electron chi connectivity index (χ0n) is 11.9. The molecule has 0 aliphatic heterocycles. The predicted octanol–water partition coefficient (Wildman–Crippen LogP) is 2.14. The molecule has 2 atom stereocenters. The van der Waals surface area contributed by atoms with Crippen molar-refractivity contribution in [2.45, 2.75) is 25.5 Å². The van der Waals surface area contributed by atoms with Crippen molar-refractivity contribution in [3.05, 3.63) is 35.9 Å². The number of rotatable bonds is 10. The van der Waals surface area contributed by atoms with Crippen molar-refractivity contribution in [1.29, 1.82) is 0 Å². The van der Waals surface area contributed by atoms with Crippen LogP contribution in [0.1, 0.15) is 24.9 Å². The minimum absolute atomic E-state index is 0.0232. The van der Waals surface area contributed by atoms with E-state index in [1.54, 1.807) is 7.11 Å². The largest absolute Gasteiger partial charge is 0.385 e. The first-order chi connectivity index (χ1) is 9.25. The molecule has 1 aromatic carbocycles. The lowest BCUT2D eigenvalue weighted by Gasteiger charge is -2.20. The molecule has 0 heterocycles. The molecule has 2 unspecified atom stereocenters. The second-order valence-electron chi connectivity index (χ2n) is 4.47. The molecule has 19 heavy (non-hydrogen) atoms. The Labute approximate surface area is 115 Å². The molecule has 4 nitrogen and oxygen atoms in total. The third-order valence-electron chi connectivity index (χ3n) is 2.94. The van der Waals surface area contributed by atoms with Gasteiger partial charge < -0.3 is 19.9 Å². The standard InChI is InChI=1S/C15H25NO3/c1-13(15(16)14-7-4-3-5-8-14)19-12-11-18-10-6-9-17-2/h3-5,7-8,13,15H,6,9-12,16H2,1-2H3. The van der Waals surface area contributed by atoms with Gasteiger partial charge in [0.1, 0.15) is 0 Å². The van der Waals surface area contributed by atoms with Gasteiger partial charge in [0, 0.05) is 20.3 Å². The van der Waals surface area contributed by atoms with Crippen molar-refractivity contribution >= 4 is 0 Å². The maximum atomic E-state index is 6.14. The van der Waals surface area contributed by atoms with E-state index in [9.17, 15) is 0 Å². The summed E-state index contributed by atoms with van der Waals surface area (Å²) in [6.45, 7) is 4.58. The average molecular weight is 267 g/mol. The Hall–Kier alpha value is -0.940. The monoisotopic (exact) mass is 267 g/mol. The van der Waals surface area contributed by atoms with Gasteiger partial charge in [-0.25, -0.2) is 0 Å². The molecule has 108 valence electrons. The molecule has 4 heteroatoms. The quantitative estimate of drug-likeness (QED) is 0.660. The Morgan fingerprint density at radius 2 is 1.79 bits per heavy atom. The first-order valence-corrected chi connectivity index (χ1v) is 6.74. The van der Waals surface area contributed by atoms with Crippen LogP contribution in [0.25, 0.3) is 0 Å². The molecule has 0 aromatic heterocycles. The van der Waals surface area contributed by atoms with Crippen LogP contribution >= 0.6 is 0 Å². The zero-order valence-corrected chi connectivity index (χ0v) is 11.9. The highest BCUT2D eigenvalue weighted by Crippen LogP contribution is 2.15. The molecule has 0 spiro atoms. The summed E-state index contributed by atoms with van der Waals surface area (Å²) in [5.41, 5.74) is 7.23. The Kier molecular flexibility index (Phi) is 8.41. The minimum atomic E-state index is -0.102. The highest BCUT2D eigenvalue weighted by Gasteiger charge is 2.14. The van der Waals surface area contributed by atoms with Gasteiger partial charge in [0.2, 0.25) is 0 Å². The SMILES string of the molecule is COCCCOCCOC(C)C(N)c1ccccc1. The van der Waals surface area contributed by atoms with E-state index in [0.717, 1.165) is 18.6 Å². The molecule has 2 N–H and O–H groups in total. The molecule has 0 radical (unpaired) electrons. The summed E-state index contributed by atoms with van der Waals surface area (Å²) in [6, 6.07) is 9.89. The smallest absolute Gasteiger partial charge is 0.0740 e. The van der Waals surface area contributed by atoms with Crippen molar-refractivity contribution in [3.8, 4) is 0 Å². The number of methoxy groups -OCH3 is 1. The molecule has 0 amide bonds. The Bertz CT molecular complexity index is 318. The minimum Gasteiger partial charge on any atom is -0.385 e. The summed E-state index contributed by atoms with van der Waals surface area (Å²) >= 11 is 0. The fourth-order valence-corrected chi connectivity index (χ4v) is 1.75. The summed E-state index contributed by atoms with van der Waals surface area (Å²) in [5, 5.41) is 0. The van der Waals surface area contributed by atoms with Gasteiger partial charge in [-0.05, 0) is 18.9 Å². The lowest BCUT2D eigenvalue weighted by molar-refractivity contribution is -0.00117. The highest BCUT2D eigenvalue weighted by molar-refractivity contribution is 5.19. The van der Waals surface area contributed by atoms with Crippen molar-refractivity contribution < 1.29 is 14.2 Å². The molecule has 0 saturated heterocycles. The number of ether oxygens (including phenoxy) is 3. The van der Waals surface area contributed by atoms with Gasteiger partial charge in [0.05, 0.1) is 25.4 Å². The number of benzene rings is 1. The van der Waals surface area contributed by atoms with Gasteiger partial charge in [-0.3, -0.25) is 0 Å². The van der Waals surface area contributed by atoms with E-state index < -0.39 is 0 Å². The second-order valence-corrected chi connectivity index (χ2v) is 4.47. The Balaban J connectivity index is 2.12. The van der Waals surface area contributed by atoms with Crippen LogP contribution in [0, 0.1) is 0 Å². The van der Waals surface area contributed by atoms with Crippen LogP contribution in [-0.2, 0) is 14.2 Å². The van der Waals surface area contributed by atoms with Gasteiger partial charge in [0.25, 0.3) is 0 Å². The molecule has 1 aromatic rings. The van der Waals surface area contributed by atoms with Gasteiger partial charge in [-0.2, -0.15) is 0 Å². The van der Waals surface area contributed by atoms with Crippen molar-refractivity contribution in [2.75, 3.05) is 33.5 Å². The van der Waals surface area contributed by atoms with E-state index in [-0.39, 0.29) is 12.1 Å². The summed E-state index contributed by atoms with van der Waals surface area (Å²) < 4.78 is 16.0. The van der Waals surface area contributed by atoms with Gasteiger partial charge in [-0.15, -0.1) is 0 Å². The highest BCUT2D eigenvalue weighted by atomic mass is 16.5. The van der Waals surface area contributed by atoms with Gasteiger partial charge >= 0.3 is 0 Å². The number of hydrogen-bond acceptors (Lipinski definition) is 4. The first kappa shape index (κ1) is 16.1. The second kappa shape index (κ2) is 9.92. The molecule has 1 rings (SSSR count). The fraction of sp³-hybridized carbons (Fsp3) is 0.600. The van der Waals surface area contributed by atoms with E-state index in [1.165, 1.54) is 0 Å². The topological polar surface area (TPSA) is 53.7 Å². The molecular weight excluding hydrogens is 242 g/mol. The van der Waals surface area contributed by atoms with E-state index in [0.29, 0.717) is 19.8 Å². The molecule has 0 fully saturated rings. The van der Waals surface area contributed by atoms with Gasteiger partial charge in [0.15, 0.2) is 0 Å². The normalized spacial score (nSPS) is 14.3. The number of hydrogen-bond donors (Lipinski definition) is 1. The third-order valence-corrected chi connectivity index (χ3v) is 2.94. The summed E-state index contributed by atoms with van der Waals surface area (Å²) in [4.78, 5) is 0. The van der Waals surface area contributed by atoms with E-state index in [2.05, 4.69) is 0 Å². The van der Waals surface area contributed by atoms with Crippen molar-refractivity contribution in [2.24, 2.45) is 5.73 Å². The van der Waals surface area contributed by atoms with Crippen molar-refractivity contribution in [3.63, 3.8) is 0 Å². The Morgan fingerprint density at radius 1 is 1.05 bits per heavy atom. The predicted molar refractivity (Wildman–Crippen MR) is 76.1 cm³/mol. The molecule has 0 saturated carbocycles. The summed E-state index contributed by atoms with van der Waals surface area (Å²) in [6.07, 6.45) is 0.889. The van der Waals surface area contributed by atoms with Crippen LogP contribution in [0.2, 0.25) is 0 Å². The lowest BCUT2D eigenvalue weighted by Crippen LogP contribution is -2.27. The Morgan fingerprint density at radius 3 is 2.47 bits per heavy atom. The first-order valence-electron chi connectivity index (χ1n) is 6.74.